The molecule has 0 saturated carbocycles. The Bertz CT molecular complexity index is 674. The van der Waals surface area contributed by atoms with Crippen molar-refractivity contribution in [3.05, 3.63) is 53.6 Å². The van der Waals surface area contributed by atoms with Crippen molar-refractivity contribution >= 4 is 11.9 Å². The van der Waals surface area contributed by atoms with Crippen molar-refractivity contribution in [2.45, 2.75) is 0 Å². The maximum atomic E-state index is 11.9. The molecule has 102 valence electrons. The van der Waals surface area contributed by atoms with Crippen molar-refractivity contribution in [3.8, 4) is 23.0 Å². The molecule has 2 rings (SSSR count). The fraction of sp³-hybridized carbons (Fsp3) is 0. The Morgan fingerprint density at radius 1 is 0.900 bits per heavy atom. The lowest BCUT2D eigenvalue weighted by atomic mass is 10.1. The summed E-state index contributed by atoms with van der Waals surface area (Å²) < 4.78 is 0. The zero-order valence-corrected chi connectivity index (χ0v) is 10.3. The molecule has 0 aliphatic heterocycles. The number of rotatable bonds is 3. The molecular weight excluding hydrogens is 260 g/mol. The molecule has 4 N–H and O–H groups in total. The third-order valence-electron chi connectivity index (χ3n) is 2.71. The van der Waals surface area contributed by atoms with Crippen LogP contribution < -0.4 is 0 Å². The van der Waals surface area contributed by atoms with Gasteiger partial charge in [-0.1, -0.05) is 36.4 Å². The maximum Gasteiger partial charge on any atom is 0.201 e. The molecule has 20 heavy (non-hydrogen) atoms. The van der Waals surface area contributed by atoms with Crippen molar-refractivity contribution in [1.82, 2.24) is 0 Å². The van der Waals surface area contributed by atoms with E-state index in [4.69, 9.17) is 0 Å². The van der Waals surface area contributed by atoms with E-state index in [0.717, 1.165) is 17.7 Å². The molecule has 0 bridgehead atoms. The number of phenolic OH excluding ortho intramolecular Hbond substituents is 4. The first-order chi connectivity index (χ1) is 9.50. The lowest BCUT2D eigenvalue weighted by molar-refractivity contribution is 0.104. The number of aromatic hydroxyl groups is 4. The van der Waals surface area contributed by atoms with E-state index in [2.05, 4.69) is 0 Å². The molecule has 2 aromatic carbocycles. The average molecular weight is 272 g/mol. The molecule has 5 heteroatoms. The minimum absolute atomic E-state index is 0.465. The van der Waals surface area contributed by atoms with E-state index in [9.17, 15) is 25.2 Å². The summed E-state index contributed by atoms with van der Waals surface area (Å²) in [6, 6.07) is 9.76. The predicted molar refractivity (Wildman–Crippen MR) is 72.9 cm³/mol. The van der Waals surface area contributed by atoms with Gasteiger partial charge in [0.25, 0.3) is 0 Å². The zero-order valence-electron chi connectivity index (χ0n) is 10.3. The van der Waals surface area contributed by atoms with Gasteiger partial charge >= 0.3 is 0 Å². The quantitative estimate of drug-likeness (QED) is 0.298. The lowest BCUT2D eigenvalue weighted by Gasteiger charge is -2.07. The van der Waals surface area contributed by atoms with E-state index in [1.807, 2.05) is 6.07 Å². The highest BCUT2D eigenvalue weighted by Crippen LogP contribution is 2.42. The van der Waals surface area contributed by atoms with Gasteiger partial charge in [-0.3, -0.25) is 4.79 Å². The molecule has 0 unspecified atom stereocenters. The largest absolute Gasteiger partial charge is 0.507 e. The summed E-state index contributed by atoms with van der Waals surface area (Å²) in [5.41, 5.74) is 0.301. The minimum atomic E-state index is -0.856. The van der Waals surface area contributed by atoms with Crippen molar-refractivity contribution in [3.63, 3.8) is 0 Å². The van der Waals surface area contributed by atoms with Gasteiger partial charge in [0.05, 0.1) is 0 Å². The summed E-state index contributed by atoms with van der Waals surface area (Å²) in [5, 5.41) is 37.7. The highest BCUT2D eigenvalue weighted by Gasteiger charge is 2.20. The summed E-state index contributed by atoms with van der Waals surface area (Å²) in [4.78, 5) is 11.9. The molecule has 0 radical (unpaired) electrons. The molecule has 0 amide bonds. The van der Waals surface area contributed by atoms with Crippen LogP contribution in [0.5, 0.6) is 23.0 Å². The highest BCUT2D eigenvalue weighted by atomic mass is 16.3. The molecule has 0 fully saturated rings. The van der Waals surface area contributed by atoms with Gasteiger partial charge in [0.2, 0.25) is 5.75 Å². The van der Waals surface area contributed by atoms with Crippen LogP contribution in [0.4, 0.5) is 0 Å². The Balaban J connectivity index is 2.36. The summed E-state index contributed by atoms with van der Waals surface area (Å²) in [6.45, 7) is 0. The lowest BCUT2D eigenvalue weighted by Crippen LogP contribution is -1.96. The number of carbonyl (C=O) groups is 1. The molecule has 0 saturated heterocycles. The van der Waals surface area contributed by atoms with Crippen molar-refractivity contribution < 1.29 is 25.2 Å². The zero-order chi connectivity index (χ0) is 14.7. The van der Waals surface area contributed by atoms with Crippen LogP contribution in [0.25, 0.3) is 6.08 Å². The Kier molecular flexibility index (Phi) is 3.61. The van der Waals surface area contributed by atoms with Crippen LogP contribution >= 0.6 is 0 Å². The number of hydrogen-bond acceptors (Lipinski definition) is 5. The van der Waals surface area contributed by atoms with Gasteiger partial charge in [0.1, 0.15) is 11.3 Å². The normalized spacial score (nSPS) is 10.8. The van der Waals surface area contributed by atoms with Gasteiger partial charge in [0.15, 0.2) is 17.3 Å². The van der Waals surface area contributed by atoms with Crippen LogP contribution in [0.15, 0.2) is 42.5 Å². The summed E-state index contributed by atoms with van der Waals surface area (Å²) in [7, 11) is 0. The third-order valence-corrected chi connectivity index (χ3v) is 2.71. The summed E-state index contributed by atoms with van der Waals surface area (Å²) in [5.74, 6) is -3.72. The molecule has 0 aromatic heterocycles. The third kappa shape index (κ3) is 2.56. The SMILES string of the molecule is O=C(C=Cc1ccccc1)c1c(O)cc(O)c(O)c1O. The summed E-state index contributed by atoms with van der Waals surface area (Å²) in [6.07, 6.45) is 2.66. The number of hydrogen-bond donors (Lipinski definition) is 4. The standard InChI is InChI=1S/C15H12O5/c16-10(7-6-9-4-2-1-3-5-9)13-11(17)8-12(18)14(19)15(13)20/h1-8,17-20H. The average Bonchev–Trinajstić information content (AvgIpc) is 2.44. The van der Waals surface area contributed by atoms with Crippen LogP contribution in [0, 0.1) is 0 Å². The van der Waals surface area contributed by atoms with Gasteiger partial charge in [-0.25, -0.2) is 0 Å². The number of allylic oxidation sites excluding steroid dienone is 1. The molecule has 0 heterocycles. The van der Waals surface area contributed by atoms with Crippen LogP contribution in [0.1, 0.15) is 15.9 Å². The Labute approximate surface area is 114 Å². The Hall–Kier alpha value is -2.95. The highest BCUT2D eigenvalue weighted by molar-refractivity contribution is 6.11. The van der Waals surface area contributed by atoms with E-state index < -0.39 is 34.3 Å². The van der Waals surface area contributed by atoms with E-state index in [0.29, 0.717) is 0 Å². The first-order valence-electron chi connectivity index (χ1n) is 5.75. The van der Waals surface area contributed by atoms with Crippen LogP contribution in [0.2, 0.25) is 0 Å². The summed E-state index contributed by atoms with van der Waals surface area (Å²) >= 11 is 0. The molecule has 0 aliphatic carbocycles. The fourth-order valence-electron chi connectivity index (χ4n) is 1.69. The number of carbonyl (C=O) groups excluding carboxylic acids is 1. The monoisotopic (exact) mass is 272 g/mol. The molecule has 2 aromatic rings. The topological polar surface area (TPSA) is 98.0 Å². The van der Waals surface area contributed by atoms with E-state index in [1.165, 1.54) is 6.08 Å². The smallest absolute Gasteiger partial charge is 0.201 e. The van der Waals surface area contributed by atoms with Crippen LogP contribution in [-0.2, 0) is 0 Å². The first-order valence-corrected chi connectivity index (χ1v) is 5.75. The van der Waals surface area contributed by atoms with Crippen LogP contribution in [-0.4, -0.2) is 26.2 Å². The molecular formula is C15H12O5. The van der Waals surface area contributed by atoms with Crippen molar-refractivity contribution in [1.29, 1.82) is 0 Å². The first kappa shape index (κ1) is 13.5. The van der Waals surface area contributed by atoms with Gasteiger partial charge in [0, 0.05) is 6.07 Å². The van der Waals surface area contributed by atoms with Crippen molar-refractivity contribution in [2.24, 2.45) is 0 Å². The second kappa shape index (κ2) is 5.36. The van der Waals surface area contributed by atoms with Gasteiger partial charge in [-0.15, -0.1) is 0 Å². The van der Waals surface area contributed by atoms with Gasteiger partial charge in [-0.2, -0.15) is 0 Å². The molecule has 0 spiro atoms. The Morgan fingerprint density at radius 3 is 2.20 bits per heavy atom. The Morgan fingerprint density at radius 2 is 1.55 bits per heavy atom. The number of ketones is 1. The van der Waals surface area contributed by atoms with E-state index >= 15 is 0 Å². The molecule has 0 aliphatic rings. The minimum Gasteiger partial charge on any atom is -0.507 e. The maximum absolute atomic E-state index is 11.9. The molecule has 0 atom stereocenters. The van der Waals surface area contributed by atoms with Crippen molar-refractivity contribution in [2.75, 3.05) is 0 Å². The number of benzene rings is 2. The van der Waals surface area contributed by atoms with Gasteiger partial charge in [-0.05, 0) is 11.6 Å². The van der Waals surface area contributed by atoms with Crippen LogP contribution in [0.3, 0.4) is 0 Å². The van der Waals surface area contributed by atoms with E-state index in [-0.39, 0.29) is 0 Å². The van der Waals surface area contributed by atoms with E-state index in [1.54, 1.807) is 24.3 Å². The molecule has 5 nitrogen and oxygen atoms in total. The second-order valence-electron chi connectivity index (χ2n) is 4.10. The fourth-order valence-corrected chi connectivity index (χ4v) is 1.69. The predicted octanol–water partition coefficient (Wildman–Crippen LogP) is 2.41. The number of phenols is 4. The van der Waals surface area contributed by atoms with Gasteiger partial charge < -0.3 is 20.4 Å². The second-order valence-corrected chi connectivity index (χ2v) is 4.10.